The third kappa shape index (κ3) is 5.13. The van der Waals surface area contributed by atoms with Crippen molar-refractivity contribution in [2.75, 3.05) is 13.7 Å². The van der Waals surface area contributed by atoms with Crippen molar-refractivity contribution < 1.29 is 19.4 Å². The van der Waals surface area contributed by atoms with Crippen molar-refractivity contribution in [2.24, 2.45) is 0 Å². The molecule has 0 bridgehead atoms. The van der Waals surface area contributed by atoms with Gasteiger partial charge in [0.25, 0.3) is 0 Å². The summed E-state index contributed by atoms with van der Waals surface area (Å²) in [5, 5.41) is 12.4. The van der Waals surface area contributed by atoms with Crippen LogP contribution in [0, 0.1) is 0 Å². The van der Waals surface area contributed by atoms with Crippen LogP contribution < -0.4 is 10.1 Å². The van der Waals surface area contributed by atoms with E-state index in [0.717, 1.165) is 0 Å². The predicted octanol–water partition coefficient (Wildman–Crippen LogP) is 1.65. The number of aliphatic hydroxyl groups excluding tert-OH is 1. The first kappa shape index (κ1) is 15.2. The SMILES string of the molecule is COc1cccnc1[C@H](O)CNC(=O)OC(C)(C)C. The van der Waals surface area contributed by atoms with Crippen LogP contribution >= 0.6 is 0 Å². The van der Waals surface area contributed by atoms with Crippen molar-refractivity contribution in [3.63, 3.8) is 0 Å². The van der Waals surface area contributed by atoms with Gasteiger partial charge in [0.05, 0.1) is 13.7 Å². The second-order valence-corrected chi connectivity index (χ2v) is 4.99. The molecule has 0 aromatic carbocycles. The molecule has 0 aliphatic carbocycles. The lowest BCUT2D eigenvalue weighted by atomic mass is 10.2. The van der Waals surface area contributed by atoms with Crippen LogP contribution in [0.4, 0.5) is 4.79 Å². The highest BCUT2D eigenvalue weighted by molar-refractivity contribution is 5.67. The number of alkyl carbamates (subject to hydrolysis) is 1. The lowest BCUT2D eigenvalue weighted by molar-refractivity contribution is 0.0489. The number of ether oxygens (including phenoxy) is 2. The summed E-state index contributed by atoms with van der Waals surface area (Å²) in [6.45, 7) is 5.31. The summed E-state index contributed by atoms with van der Waals surface area (Å²) in [5.41, 5.74) is -0.196. The van der Waals surface area contributed by atoms with E-state index in [9.17, 15) is 9.90 Å². The summed E-state index contributed by atoms with van der Waals surface area (Å²) in [6.07, 6.45) is 0.0132. The molecule has 0 saturated heterocycles. The molecular formula is C13H20N2O4. The molecule has 0 unspecified atom stereocenters. The third-order valence-corrected chi connectivity index (χ3v) is 2.17. The molecule has 0 spiro atoms. The number of aliphatic hydroxyl groups is 1. The van der Waals surface area contributed by atoms with E-state index >= 15 is 0 Å². The normalized spacial score (nSPS) is 12.7. The molecule has 1 atom stereocenters. The van der Waals surface area contributed by atoms with Crippen LogP contribution in [0.2, 0.25) is 0 Å². The van der Waals surface area contributed by atoms with E-state index in [0.29, 0.717) is 11.4 Å². The number of rotatable bonds is 4. The van der Waals surface area contributed by atoms with Crippen molar-refractivity contribution in [1.29, 1.82) is 0 Å². The van der Waals surface area contributed by atoms with Crippen molar-refractivity contribution in [3.05, 3.63) is 24.0 Å². The zero-order valence-corrected chi connectivity index (χ0v) is 11.6. The quantitative estimate of drug-likeness (QED) is 0.867. The molecule has 6 heteroatoms. The number of nitrogens with one attached hydrogen (secondary N) is 1. The molecule has 0 fully saturated rings. The van der Waals surface area contributed by atoms with Gasteiger partial charge in [0.2, 0.25) is 0 Å². The van der Waals surface area contributed by atoms with Crippen molar-refractivity contribution in [3.8, 4) is 5.75 Å². The van der Waals surface area contributed by atoms with Gasteiger partial charge in [-0.2, -0.15) is 0 Å². The van der Waals surface area contributed by atoms with Crippen LogP contribution in [0.5, 0.6) is 5.75 Å². The second kappa shape index (κ2) is 6.38. The molecular weight excluding hydrogens is 248 g/mol. The molecule has 1 aromatic rings. The topological polar surface area (TPSA) is 80.7 Å². The van der Waals surface area contributed by atoms with Crippen LogP contribution in [-0.4, -0.2) is 35.4 Å². The Morgan fingerprint density at radius 3 is 2.79 bits per heavy atom. The molecule has 1 aromatic heterocycles. The molecule has 1 rings (SSSR count). The van der Waals surface area contributed by atoms with Gasteiger partial charge in [-0.05, 0) is 32.9 Å². The Morgan fingerprint density at radius 2 is 2.21 bits per heavy atom. The van der Waals surface area contributed by atoms with E-state index < -0.39 is 17.8 Å². The number of carbonyl (C=O) groups is 1. The van der Waals surface area contributed by atoms with Gasteiger partial charge in [0, 0.05) is 6.20 Å². The number of hydrogen-bond donors (Lipinski definition) is 2. The van der Waals surface area contributed by atoms with E-state index in [2.05, 4.69) is 10.3 Å². The maximum atomic E-state index is 11.5. The maximum Gasteiger partial charge on any atom is 0.407 e. The first-order valence-corrected chi connectivity index (χ1v) is 5.97. The highest BCUT2D eigenvalue weighted by atomic mass is 16.6. The zero-order valence-electron chi connectivity index (χ0n) is 11.6. The Morgan fingerprint density at radius 1 is 1.53 bits per heavy atom. The number of pyridine rings is 1. The predicted molar refractivity (Wildman–Crippen MR) is 70.0 cm³/mol. The largest absolute Gasteiger partial charge is 0.495 e. The Hall–Kier alpha value is -1.82. The summed E-state index contributed by atoms with van der Waals surface area (Å²) in [6, 6.07) is 3.40. The number of amides is 1. The molecule has 0 aliphatic heterocycles. The van der Waals surface area contributed by atoms with E-state index in [1.807, 2.05) is 0 Å². The van der Waals surface area contributed by atoms with Crippen molar-refractivity contribution in [1.82, 2.24) is 10.3 Å². The average Bonchev–Trinajstić information content (AvgIpc) is 2.33. The molecule has 1 amide bonds. The van der Waals surface area contributed by atoms with Gasteiger partial charge in [-0.3, -0.25) is 4.98 Å². The van der Waals surface area contributed by atoms with E-state index in [-0.39, 0.29) is 6.54 Å². The first-order valence-electron chi connectivity index (χ1n) is 5.97. The van der Waals surface area contributed by atoms with Crippen LogP contribution in [-0.2, 0) is 4.74 Å². The molecule has 0 aliphatic rings. The van der Waals surface area contributed by atoms with Crippen LogP contribution in [0.15, 0.2) is 18.3 Å². The van der Waals surface area contributed by atoms with Gasteiger partial charge in [-0.15, -0.1) is 0 Å². The minimum atomic E-state index is -0.955. The molecule has 19 heavy (non-hydrogen) atoms. The summed E-state index contributed by atoms with van der Waals surface area (Å²) in [5.74, 6) is 0.473. The van der Waals surface area contributed by atoms with Gasteiger partial charge in [-0.1, -0.05) is 0 Å². The minimum absolute atomic E-state index is 0.00227. The lowest BCUT2D eigenvalue weighted by Crippen LogP contribution is -2.35. The van der Waals surface area contributed by atoms with Gasteiger partial charge in [0.1, 0.15) is 23.1 Å². The number of hydrogen-bond acceptors (Lipinski definition) is 5. The van der Waals surface area contributed by atoms with Crippen molar-refractivity contribution >= 4 is 6.09 Å². The molecule has 106 valence electrons. The fourth-order valence-corrected chi connectivity index (χ4v) is 1.42. The summed E-state index contributed by atoms with van der Waals surface area (Å²) in [4.78, 5) is 15.5. The zero-order chi connectivity index (χ0) is 14.5. The summed E-state index contributed by atoms with van der Waals surface area (Å²) >= 11 is 0. The monoisotopic (exact) mass is 268 g/mol. The Balaban J connectivity index is 2.56. The van der Waals surface area contributed by atoms with Gasteiger partial charge < -0.3 is 19.9 Å². The maximum absolute atomic E-state index is 11.5. The lowest BCUT2D eigenvalue weighted by Gasteiger charge is -2.20. The Bertz CT molecular complexity index is 429. The Kier molecular flexibility index (Phi) is 5.11. The van der Waals surface area contributed by atoms with E-state index in [1.165, 1.54) is 7.11 Å². The molecule has 0 saturated carbocycles. The van der Waals surface area contributed by atoms with Gasteiger partial charge >= 0.3 is 6.09 Å². The van der Waals surface area contributed by atoms with E-state index in [1.54, 1.807) is 39.1 Å². The molecule has 0 radical (unpaired) electrons. The van der Waals surface area contributed by atoms with Crippen LogP contribution in [0.25, 0.3) is 0 Å². The highest BCUT2D eigenvalue weighted by Gasteiger charge is 2.19. The fraction of sp³-hybridized carbons (Fsp3) is 0.538. The summed E-state index contributed by atoms with van der Waals surface area (Å²) < 4.78 is 10.2. The average molecular weight is 268 g/mol. The fourth-order valence-electron chi connectivity index (χ4n) is 1.42. The number of nitrogens with zero attached hydrogens (tertiary/aromatic N) is 1. The third-order valence-electron chi connectivity index (χ3n) is 2.17. The Labute approximate surface area is 112 Å². The highest BCUT2D eigenvalue weighted by Crippen LogP contribution is 2.21. The number of carbonyl (C=O) groups excluding carboxylic acids is 1. The molecule has 1 heterocycles. The number of aromatic nitrogens is 1. The standard InChI is InChI=1S/C13H20N2O4/c1-13(2,3)19-12(17)15-8-9(16)11-10(18-4)6-5-7-14-11/h5-7,9,16H,8H2,1-4H3,(H,15,17)/t9-/m1/s1. The smallest absolute Gasteiger partial charge is 0.407 e. The van der Waals surface area contributed by atoms with Crippen LogP contribution in [0.3, 0.4) is 0 Å². The second-order valence-electron chi connectivity index (χ2n) is 4.99. The van der Waals surface area contributed by atoms with Crippen molar-refractivity contribution in [2.45, 2.75) is 32.5 Å². The van der Waals surface area contributed by atoms with E-state index in [4.69, 9.17) is 9.47 Å². The number of methoxy groups -OCH3 is 1. The van der Waals surface area contributed by atoms with Gasteiger partial charge in [-0.25, -0.2) is 4.79 Å². The molecule has 2 N–H and O–H groups in total. The van der Waals surface area contributed by atoms with Gasteiger partial charge in [0.15, 0.2) is 0 Å². The molecule has 6 nitrogen and oxygen atoms in total. The first-order chi connectivity index (χ1) is 8.83. The minimum Gasteiger partial charge on any atom is -0.495 e. The summed E-state index contributed by atoms with van der Waals surface area (Å²) in [7, 11) is 1.49. The van der Waals surface area contributed by atoms with Crippen LogP contribution in [0.1, 0.15) is 32.6 Å².